The predicted octanol–water partition coefficient (Wildman–Crippen LogP) is 3.29. The van der Waals surface area contributed by atoms with Gasteiger partial charge in [0.25, 0.3) is 5.91 Å². The topological polar surface area (TPSA) is 116 Å². The molecule has 2 atom stereocenters. The summed E-state index contributed by atoms with van der Waals surface area (Å²) in [6.07, 6.45) is 1.64. The molecule has 2 heterocycles. The molecule has 4 rings (SSSR count). The van der Waals surface area contributed by atoms with Crippen LogP contribution >= 0.6 is 0 Å². The molecule has 1 aliphatic rings. The highest BCUT2D eigenvalue weighted by Gasteiger charge is 2.39. The highest BCUT2D eigenvalue weighted by molar-refractivity contribution is 6.02. The number of nitrogens with one attached hydrogen (secondary N) is 1. The van der Waals surface area contributed by atoms with Crippen LogP contribution in [0.3, 0.4) is 0 Å². The van der Waals surface area contributed by atoms with Crippen LogP contribution in [0.2, 0.25) is 0 Å². The Morgan fingerprint density at radius 1 is 1.22 bits per heavy atom. The van der Waals surface area contributed by atoms with Gasteiger partial charge in [0.05, 0.1) is 29.6 Å². The third-order valence-electron chi connectivity index (χ3n) is 6.05. The van der Waals surface area contributed by atoms with Crippen molar-refractivity contribution in [3.63, 3.8) is 0 Å². The summed E-state index contributed by atoms with van der Waals surface area (Å²) in [6, 6.07) is 15.9. The van der Waals surface area contributed by atoms with Crippen molar-refractivity contribution in [2.45, 2.75) is 19.1 Å². The highest BCUT2D eigenvalue weighted by Crippen LogP contribution is 2.28. The van der Waals surface area contributed by atoms with Crippen molar-refractivity contribution in [3.05, 3.63) is 66.4 Å². The number of carbonyl (C=O) groups excluding carboxylic acids is 3. The molecule has 1 fully saturated rings. The van der Waals surface area contributed by atoms with Crippen LogP contribution in [0.4, 0.5) is 14.5 Å². The number of likely N-dealkylation sites (tertiary alicyclic amines) is 1. The Balaban J connectivity index is 1.47. The number of carbonyl (C=O) groups is 3. The summed E-state index contributed by atoms with van der Waals surface area (Å²) in [5, 5.41) is 12.9. The molecule has 3 aromatic rings. The Bertz CT molecular complexity index is 1360. The minimum atomic E-state index is -3.17. The van der Waals surface area contributed by atoms with E-state index in [0.717, 1.165) is 4.90 Å². The number of anilines is 1. The lowest BCUT2D eigenvalue weighted by Crippen LogP contribution is -2.43. The number of nitrogens with zero attached hydrogens (tertiary/aromatic N) is 4. The van der Waals surface area contributed by atoms with Crippen molar-refractivity contribution in [1.82, 2.24) is 14.8 Å². The summed E-state index contributed by atoms with van der Waals surface area (Å²) >= 11 is 0. The number of hydrogen-bond acceptors (Lipinski definition) is 6. The van der Waals surface area contributed by atoms with E-state index in [2.05, 4.69) is 15.0 Å². The lowest BCUT2D eigenvalue weighted by atomic mass is 10.1. The first-order chi connectivity index (χ1) is 17.8. The van der Waals surface area contributed by atoms with Gasteiger partial charge >= 0.3 is 6.61 Å². The molecule has 1 saturated heterocycles. The number of halogens is 2. The molecule has 0 saturated carbocycles. The molecule has 1 aliphatic heterocycles. The van der Waals surface area contributed by atoms with Gasteiger partial charge < -0.3 is 19.9 Å². The molecule has 37 heavy (non-hydrogen) atoms. The van der Waals surface area contributed by atoms with Crippen LogP contribution in [0.1, 0.15) is 16.8 Å². The third-order valence-corrected chi connectivity index (χ3v) is 6.05. The molecule has 11 heteroatoms. The molecular formula is C26H23F2N5O4. The second-order valence-corrected chi connectivity index (χ2v) is 8.56. The number of alkyl halides is 2. The van der Waals surface area contributed by atoms with Crippen LogP contribution in [-0.2, 0) is 9.59 Å². The van der Waals surface area contributed by atoms with E-state index in [0.29, 0.717) is 16.6 Å². The van der Waals surface area contributed by atoms with Gasteiger partial charge in [0.15, 0.2) is 0 Å². The summed E-state index contributed by atoms with van der Waals surface area (Å²) in [6.45, 7) is -3.58. The first-order valence-electron chi connectivity index (χ1n) is 11.4. The first-order valence-corrected chi connectivity index (χ1v) is 11.4. The van der Waals surface area contributed by atoms with Crippen LogP contribution in [0.5, 0.6) is 5.75 Å². The molecule has 190 valence electrons. The van der Waals surface area contributed by atoms with E-state index in [1.165, 1.54) is 30.3 Å². The number of ether oxygens (including phenoxy) is 1. The van der Waals surface area contributed by atoms with Gasteiger partial charge in [-0.3, -0.25) is 19.4 Å². The maximum Gasteiger partial charge on any atom is 0.387 e. The molecule has 3 amide bonds. The number of nitriles is 1. The van der Waals surface area contributed by atoms with Crippen LogP contribution in [-0.4, -0.2) is 65.3 Å². The molecule has 9 nitrogen and oxygen atoms in total. The molecular weight excluding hydrogens is 484 g/mol. The van der Waals surface area contributed by atoms with Gasteiger partial charge in [-0.15, -0.1) is 0 Å². The molecule has 1 aromatic heterocycles. The van der Waals surface area contributed by atoms with E-state index in [-0.39, 0.29) is 30.2 Å². The minimum absolute atomic E-state index is 0.0130. The van der Waals surface area contributed by atoms with Crippen LogP contribution < -0.4 is 10.1 Å². The number of fused-ring (bicyclic) bond motifs is 1. The van der Waals surface area contributed by atoms with Gasteiger partial charge in [0.2, 0.25) is 11.8 Å². The van der Waals surface area contributed by atoms with Crippen LogP contribution in [0.25, 0.3) is 10.9 Å². The SMILES string of the molecule is CN(CC(=O)N1CC(C(=O)Nc2ccccc2)CC1C#N)C(=O)c1cc2cccnc2cc1OC(F)F. The zero-order valence-electron chi connectivity index (χ0n) is 19.8. The van der Waals surface area contributed by atoms with E-state index in [4.69, 9.17) is 0 Å². The summed E-state index contributed by atoms with van der Waals surface area (Å²) in [5.41, 5.74) is 0.806. The summed E-state index contributed by atoms with van der Waals surface area (Å²) in [7, 11) is 1.34. The molecule has 0 bridgehead atoms. The number of benzene rings is 2. The summed E-state index contributed by atoms with van der Waals surface area (Å²) < 4.78 is 30.6. The van der Waals surface area contributed by atoms with Gasteiger partial charge in [-0.2, -0.15) is 14.0 Å². The van der Waals surface area contributed by atoms with Crippen LogP contribution in [0.15, 0.2) is 60.8 Å². The van der Waals surface area contributed by atoms with Gasteiger partial charge in [-0.1, -0.05) is 24.3 Å². The number of likely N-dealkylation sites (N-methyl/N-ethyl adjacent to an activating group) is 1. The number of pyridine rings is 1. The highest BCUT2D eigenvalue weighted by atomic mass is 19.3. The van der Waals surface area contributed by atoms with E-state index in [9.17, 15) is 28.4 Å². The summed E-state index contributed by atoms with van der Waals surface area (Å²) in [5.74, 6) is -2.55. The van der Waals surface area contributed by atoms with Gasteiger partial charge in [-0.25, -0.2) is 0 Å². The number of rotatable bonds is 7. The number of amides is 3. The van der Waals surface area contributed by atoms with E-state index >= 15 is 0 Å². The van der Waals surface area contributed by atoms with Crippen molar-refractivity contribution in [2.24, 2.45) is 5.92 Å². The fourth-order valence-corrected chi connectivity index (χ4v) is 4.22. The number of hydrogen-bond donors (Lipinski definition) is 1. The average molecular weight is 507 g/mol. The lowest BCUT2D eigenvalue weighted by molar-refractivity contribution is -0.131. The van der Waals surface area contributed by atoms with Gasteiger partial charge in [0, 0.05) is 36.9 Å². The smallest absolute Gasteiger partial charge is 0.387 e. The molecule has 2 aromatic carbocycles. The number of aromatic nitrogens is 1. The van der Waals surface area contributed by atoms with Crippen LogP contribution in [0, 0.1) is 17.2 Å². The predicted molar refractivity (Wildman–Crippen MR) is 130 cm³/mol. The normalized spacial score (nSPS) is 16.9. The monoisotopic (exact) mass is 507 g/mol. The summed E-state index contributed by atoms with van der Waals surface area (Å²) in [4.78, 5) is 45.3. The minimum Gasteiger partial charge on any atom is -0.434 e. The van der Waals surface area contributed by atoms with Crippen molar-refractivity contribution in [3.8, 4) is 11.8 Å². The standard InChI is InChI=1S/C26H23F2N5O4/c1-32(25(36)20-11-16-6-5-9-30-21(16)12-22(20)37-26(27)28)15-23(34)33-14-17(10-19(33)13-29)24(35)31-18-7-3-2-4-8-18/h2-9,11-12,17,19,26H,10,14-15H2,1H3,(H,31,35). The fraction of sp³-hybridized carbons (Fsp3) is 0.269. The van der Waals surface area contributed by atoms with E-state index in [1.807, 2.05) is 12.1 Å². The van der Waals surface area contributed by atoms with Gasteiger partial charge in [-0.05, 0) is 30.7 Å². The van der Waals surface area contributed by atoms with Crippen molar-refractivity contribution >= 4 is 34.3 Å². The van der Waals surface area contributed by atoms with E-state index in [1.54, 1.807) is 36.4 Å². The quantitative estimate of drug-likeness (QED) is 0.525. The zero-order chi connectivity index (χ0) is 26.5. The Labute approximate surface area is 211 Å². The van der Waals surface area contributed by atoms with Crippen molar-refractivity contribution in [2.75, 3.05) is 25.5 Å². The molecule has 0 aliphatic carbocycles. The Kier molecular flexibility index (Phi) is 7.57. The first kappa shape index (κ1) is 25.5. The second kappa shape index (κ2) is 11.0. The molecule has 0 spiro atoms. The van der Waals surface area contributed by atoms with E-state index < -0.39 is 36.9 Å². The molecule has 0 radical (unpaired) electrons. The third kappa shape index (κ3) is 5.81. The lowest BCUT2D eigenvalue weighted by Gasteiger charge is -2.24. The maximum absolute atomic E-state index is 13.1. The average Bonchev–Trinajstić information content (AvgIpc) is 3.33. The fourth-order valence-electron chi connectivity index (χ4n) is 4.22. The molecule has 2 unspecified atom stereocenters. The maximum atomic E-state index is 13.1. The zero-order valence-corrected chi connectivity index (χ0v) is 19.8. The van der Waals surface area contributed by atoms with Crippen molar-refractivity contribution < 1.29 is 27.9 Å². The molecule has 1 N–H and O–H groups in total. The second-order valence-electron chi connectivity index (χ2n) is 8.56. The Morgan fingerprint density at radius 3 is 2.68 bits per heavy atom. The Hall–Kier alpha value is -4.59. The van der Waals surface area contributed by atoms with Crippen molar-refractivity contribution in [1.29, 1.82) is 5.26 Å². The largest absolute Gasteiger partial charge is 0.434 e. The van der Waals surface area contributed by atoms with Gasteiger partial charge in [0.1, 0.15) is 11.8 Å². The number of para-hydroxylation sites is 1. The Morgan fingerprint density at radius 2 is 1.97 bits per heavy atom.